The van der Waals surface area contributed by atoms with Crippen LogP contribution in [0.15, 0.2) is 54.1 Å². The number of aryl methyl sites for hydroxylation is 1. The molecule has 2 fully saturated rings. The fourth-order valence-corrected chi connectivity index (χ4v) is 4.50. The van der Waals surface area contributed by atoms with Crippen LogP contribution in [0.25, 0.3) is 5.76 Å². The maximum atomic E-state index is 13.4. The molecule has 178 valence electrons. The number of nitro benzene ring substituents is 1. The molecule has 9 heteroatoms. The van der Waals surface area contributed by atoms with Gasteiger partial charge >= 0.3 is 0 Å². The molecule has 0 bridgehead atoms. The fraction of sp³-hybridized carbons (Fsp3) is 0.360. The van der Waals surface area contributed by atoms with Gasteiger partial charge in [-0.25, -0.2) is 0 Å². The third kappa shape index (κ3) is 4.85. The molecule has 4 rings (SSSR count). The number of rotatable bonds is 7. The highest BCUT2D eigenvalue weighted by atomic mass is 16.6. The van der Waals surface area contributed by atoms with Gasteiger partial charge in [-0.15, -0.1) is 0 Å². The molecule has 0 aliphatic carbocycles. The van der Waals surface area contributed by atoms with Crippen molar-refractivity contribution in [1.82, 2.24) is 4.90 Å². The van der Waals surface area contributed by atoms with Crippen LogP contribution in [0.3, 0.4) is 0 Å². The molecule has 1 atom stereocenters. The summed E-state index contributed by atoms with van der Waals surface area (Å²) in [6, 6.07) is 11.6. The minimum Gasteiger partial charge on any atom is -0.872 e. The van der Waals surface area contributed by atoms with Gasteiger partial charge in [-0.3, -0.25) is 19.7 Å². The number of hydrogen-bond donors (Lipinski definition) is 1. The second kappa shape index (κ2) is 10.1. The standard InChI is InChI=1S/C25H27N3O6/c1-17-3-5-19(6-4-17)23(29)21-22(18-7-9-20(10-8-18)28(32)33)27(25(31)24(21)30)12-2-11-26-13-15-34-16-14-26/h3-10,22,29H,2,11-16H2,1H3/b23-21+. The zero-order chi connectivity index (χ0) is 24.2. The van der Waals surface area contributed by atoms with Gasteiger partial charge in [-0.2, -0.15) is 0 Å². The van der Waals surface area contributed by atoms with E-state index in [9.17, 15) is 24.8 Å². The lowest BCUT2D eigenvalue weighted by Gasteiger charge is -2.29. The Hall–Kier alpha value is -3.56. The monoisotopic (exact) mass is 465 g/mol. The molecule has 9 nitrogen and oxygen atoms in total. The summed E-state index contributed by atoms with van der Waals surface area (Å²) >= 11 is 0. The average Bonchev–Trinajstić information content (AvgIpc) is 3.10. The summed E-state index contributed by atoms with van der Waals surface area (Å²) in [7, 11) is 0. The van der Waals surface area contributed by atoms with Crippen molar-refractivity contribution in [2.45, 2.75) is 19.4 Å². The van der Waals surface area contributed by atoms with Gasteiger partial charge in [0, 0.05) is 30.7 Å². The van der Waals surface area contributed by atoms with Crippen LogP contribution in [0, 0.1) is 17.0 Å². The SMILES string of the molecule is Cc1ccc(/C([O-])=C2\C(=O)C(=O)N(CCC[NH+]3CCOCC3)C2c2ccc([N+](=O)[O-])cc2)cc1. The van der Waals surface area contributed by atoms with E-state index in [1.54, 1.807) is 24.3 Å². The number of benzene rings is 2. The maximum absolute atomic E-state index is 13.4. The van der Waals surface area contributed by atoms with E-state index in [2.05, 4.69) is 0 Å². The lowest BCUT2D eigenvalue weighted by atomic mass is 9.95. The van der Waals surface area contributed by atoms with Crippen molar-refractivity contribution in [2.75, 3.05) is 39.4 Å². The zero-order valence-corrected chi connectivity index (χ0v) is 19.0. The maximum Gasteiger partial charge on any atom is 0.295 e. The van der Waals surface area contributed by atoms with Crippen LogP contribution in [0.1, 0.15) is 29.2 Å². The van der Waals surface area contributed by atoms with Gasteiger partial charge in [0.15, 0.2) is 0 Å². The highest BCUT2D eigenvalue weighted by Gasteiger charge is 2.44. The first kappa shape index (κ1) is 23.6. The second-order valence-corrected chi connectivity index (χ2v) is 8.65. The Bertz CT molecular complexity index is 1100. The Kier molecular flexibility index (Phi) is 7.04. The van der Waals surface area contributed by atoms with Gasteiger partial charge in [-0.05, 0) is 30.2 Å². The first-order valence-electron chi connectivity index (χ1n) is 11.4. The van der Waals surface area contributed by atoms with Crippen LogP contribution in [-0.2, 0) is 14.3 Å². The molecule has 0 aromatic heterocycles. The number of likely N-dealkylation sites (tertiary alicyclic amines) is 1. The summed E-state index contributed by atoms with van der Waals surface area (Å²) < 4.78 is 5.38. The van der Waals surface area contributed by atoms with E-state index in [4.69, 9.17) is 4.74 Å². The Labute approximate surface area is 197 Å². The molecule has 2 aromatic carbocycles. The number of nitro groups is 1. The highest BCUT2D eigenvalue weighted by molar-refractivity contribution is 6.46. The van der Waals surface area contributed by atoms with E-state index >= 15 is 0 Å². The predicted molar refractivity (Wildman–Crippen MR) is 122 cm³/mol. The van der Waals surface area contributed by atoms with Gasteiger partial charge in [0.25, 0.3) is 11.6 Å². The first-order valence-corrected chi connectivity index (χ1v) is 11.4. The van der Waals surface area contributed by atoms with Crippen molar-refractivity contribution in [3.8, 4) is 0 Å². The number of carbonyl (C=O) groups is 2. The molecule has 34 heavy (non-hydrogen) atoms. The van der Waals surface area contributed by atoms with Gasteiger partial charge in [-0.1, -0.05) is 35.6 Å². The summed E-state index contributed by atoms with van der Waals surface area (Å²) in [5.41, 5.74) is 1.58. The number of hydrogen-bond acceptors (Lipinski definition) is 6. The van der Waals surface area contributed by atoms with Gasteiger partial charge < -0.3 is 19.6 Å². The van der Waals surface area contributed by atoms with E-state index in [0.29, 0.717) is 37.3 Å². The summed E-state index contributed by atoms with van der Waals surface area (Å²) in [6.45, 7) is 6.19. The van der Waals surface area contributed by atoms with Gasteiger partial charge in [0.2, 0.25) is 5.78 Å². The Morgan fingerprint density at radius 3 is 2.35 bits per heavy atom. The normalized spacial score (nSPS) is 20.6. The molecule has 2 aliphatic heterocycles. The number of carbonyl (C=O) groups excluding carboxylic acids is 2. The number of Topliss-reactive ketones (excluding diaryl/α,β-unsaturated/α-hetero) is 1. The minimum absolute atomic E-state index is 0.103. The Balaban J connectivity index is 1.68. The number of morpholine rings is 1. The number of nitrogens with zero attached hydrogens (tertiary/aromatic N) is 2. The topological polar surface area (TPSA) is 117 Å². The van der Waals surface area contributed by atoms with E-state index in [0.717, 1.165) is 25.2 Å². The summed E-state index contributed by atoms with van der Waals surface area (Å²) in [5, 5.41) is 24.5. The second-order valence-electron chi connectivity index (χ2n) is 8.65. The molecule has 0 radical (unpaired) electrons. The van der Waals surface area contributed by atoms with Crippen LogP contribution >= 0.6 is 0 Å². The van der Waals surface area contributed by atoms with Crippen molar-refractivity contribution >= 4 is 23.1 Å². The molecular weight excluding hydrogens is 438 g/mol. The van der Waals surface area contributed by atoms with Crippen molar-refractivity contribution in [1.29, 1.82) is 0 Å². The van der Waals surface area contributed by atoms with Crippen molar-refractivity contribution in [3.63, 3.8) is 0 Å². The predicted octanol–water partition coefficient (Wildman–Crippen LogP) is 0.432. The molecule has 2 saturated heterocycles. The molecule has 2 aromatic rings. The number of amides is 1. The quantitative estimate of drug-likeness (QED) is 0.208. The lowest BCUT2D eigenvalue weighted by molar-refractivity contribution is -0.908. The van der Waals surface area contributed by atoms with E-state index in [1.165, 1.54) is 34.1 Å². The number of ketones is 1. The lowest BCUT2D eigenvalue weighted by Crippen LogP contribution is -3.14. The molecule has 1 amide bonds. The molecule has 2 aliphatic rings. The third-order valence-corrected chi connectivity index (χ3v) is 6.39. The number of quaternary nitrogens is 1. The van der Waals surface area contributed by atoms with E-state index in [1.807, 2.05) is 6.92 Å². The first-order chi connectivity index (χ1) is 16.4. The number of non-ortho nitro benzene ring substituents is 1. The molecule has 1 unspecified atom stereocenters. The average molecular weight is 466 g/mol. The largest absolute Gasteiger partial charge is 0.872 e. The van der Waals surface area contributed by atoms with Crippen LogP contribution in [-0.4, -0.2) is 60.9 Å². The molecule has 1 N–H and O–H groups in total. The Morgan fingerprint density at radius 2 is 1.74 bits per heavy atom. The van der Waals surface area contributed by atoms with Gasteiger partial charge in [0.1, 0.15) is 13.1 Å². The van der Waals surface area contributed by atoms with Crippen LogP contribution in [0.4, 0.5) is 5.69 Å². The summed E-state index contributed by atoms with van der Waals surface area (Å²) in [6.07, 6.45) is 0.657. The summed E-state index contributed by atoms with van der Waals surface area (Å²) in [4.78, 5) is 39.4. The van der Waals surface area contributed by atoms with E-state index in [-0.39, 0.29) is 11.3 Å². The smallest absolute Gasteiger partial charge is 0.295 e. The molecule has 0 saturated carbocycles. The number of nitrogens with one attached hydrogen (secondary N) is 1. The van der Waals surface area contributed by atoms with Gasteiger partial charge in [0.05, 0.1) is 30.7 Å². The molecule has 0 spiro atoms. The highest BCUT2D eigenvalue weighted by Crippen LogP contribution is 2.39. The van der Waals surface area contributed by atoms with Crippen LogP contribution in [0.5, 0.6) is 0 Å². The zero-order valence-electron chi connectivity index (χ0n) is 19.0. The van der Waals surface area contributed by atoms with Crippen molar-refractivity contribution in [3.05, 3.63) is 80.9 Å². The molecular formula is C25H27N3O6. The minimum atomic E-state index is -0.880. The Morgan fingerprint density at radius 1 is 1.09 bits per heavy atom. The van der Waals surface area contributed by atoms with Crippen LogP contribution in [0.2, 0.25) is 0 Å². The van der Waals surface area contributed by atoms with Crippen molar-refractivity contribution in [2.24, 2.45) is 0 Å². The van der Waals surface area contributed by atoms with Crippen molar-refractivity contribution < 1.29 is 29.3 Å². The van der Waals surface area contributed by atoms with E-state index < -0.39 is 28.4 Å². The molecule has 2 heterocycles. The summed E-state index contributed by atoms with van der Waals surface area (Å²) in [5.74, 6) is -2.02. The van der Waals surface area contributed by atoms with Crippen LogP contribution < -0.4 is 10.0 Å². The fourth-order valence-electron chi connectivity index (χ4n) is 4.50. The third-order valence-electron chi connectivity index (χ3n) is 6.39. The number of ether oxygens (including phenoxy) is 1.